The van der Waals surface area contributed by atoms with Crippen LogP contribution in [0.5, 0.6) is 0 Å². The van der Waals surface area contributed by atoms with E-state index in [1.165, 1.54) is 6.92 Å². The molecule has 1 heterocycles. The Labute approximate surface area is 118 Å². The third-order valence-corrected chi connectivity index (χ3v) is 4.55. The summed E-state index contributed by atoms with van der Waals surface area (Å²) in [4.78, 5) is 25.8. The van der Waals surface area contributed by atoms with Crippen molar-refractivity contribution in [1.29, 1.82) is 0 Å². The zero-order chi connectivity index (χ0) is 14.2. The monoisotopic (exact) mass is 283 g/mol. The Hall–Kier alpha value is -1.17. The van der Waals surface area contributed by atoms with Crippen LogP contribution in [-0.4, -0.2) is 40.8 Å². The largest absolute Gasteiger partial charge is 0.392 e. The Morgan fingerprint density at radius 1 is 1.42 bits per heavy atom. The maximum absolute atomic E-state index is 12.6. The lowest BCUT2D eigenvalue weighted by atomic mass is 9.61. The van der Waals surface area contributed by atoms with E-state index in [0.29, 0.717) is 24.0 Å². The molecule has 1 aliphatic carbocycles. The number of likely N-dealkylation sites (tertiary alicyclic amines) is 1. The molecule has 106 valence electrons. The number of amides is 2. The van der Waals surface area contributed by atoms with Crippen LogP contribution in [0.1, 0.15) is 33.1 Å². The van der Waals surface area contributed by atoms with Gasteiger partial charge in [-0.3, -0.25) is 9.59 Å². The third-order valence-electron chi connectivity index (χ3n) is 4.16. The number of carbonyl (C=O) groups is 2. The van der Waals surface area contributed by atoms with E-state index in [-0.39, 0.29) is 17.9 Å². The molecule has 2 amide bonds. The van der Waals surface area contributed by atoms with Gasteiger partial charge in [-0.15, -0.1) is 0 Å². The van der Waals surface area contributed by atoms with Crippen molar-refractivity contribution in [3.05, 3.63) is 0 Å². The van der Waals surface area contributed by atoms with E-state index >= 15 is 0 Å². The number of rotatable bonds is 3. The number of nitrogens with zero attached hydrogens (tertiary/aromatic N) is 1. The molecule has 1 saturated heterocycles. The minimum Gasteiger partial charge on any atom is -0.392 e. The second-order valence-corrected chi connectivity index (χ2v) is 6.34. The molecule has 2 aliphatic rings. The molecule has 2 rings (SSSR count). The van der Waals surface area contributed by atoms with E-state index in [4.69, 9.17) is 18.0 Å². The van der Waals surface area contributed by atoms with Gasteiger partial charge in [-0.25, -0.2) is 0 Å². The normalized spacial score (nSPS) is 33.7. The first-order valence-corrected chi connectivity index (χ1v) is 7.12. The molecule has 1 saturated carbocycles. The van der Waals surface area contributed by atoms with Crippen molar-refractivity contribution in [3.8, 4) is 0 Å². The molecule has 0 aromatic heterocycles. The number of thiocarbonyl (C=S) groups is 1. The van der Waals surface area contributed by atoms with E-state index in [2.05, 4.69) is 12.2 Å². The number of nitrogens with one attached hydrogen (secondary N) is 1. The predicted molar refractivity (Wildman–Crippen MR) is 76.4 cm³/mol. The SMILES string of the molecule is CC(=O)NC1CCN(C(=O)C2(C(N)=S)CC(C)C2)C1. The molecule has 1 atom stereocenters. The highest BCUT2D eigenvalue weighted by Gasteiger charge is 2.53. The summed E-state index contributed by atoms with van der Waals surface area (Å²) in [5.74, 6) is 0.491. The summed E-state index contributed by atoms with van der Waals surface area (Å²) in [5, 5.41) is 2.86. The van der Waals surface area contributed by atoms with Crippen molar-refractivity contribution in [2.75, 3.05) is 13.1 Å². The maximum Gasteiger partial charge on any atom is 0.235 e. The highest BCUT2D eigenvalue weighted by Crippen LogP contribution is 2.47. The Bertz CT molecular complexity index is 418. The molecule has 5 nitrogen and oxygen atoms in total. The molecule has 2 fully saturated rings. The van der Waals surface area contributed by atoms with Crippen LogP contribution in [-0.2, 0) is 9.59 Å². The summed E-state index contributed by atoms with van der Waals surface area (Å²) in [6.07, 6.45) is 2.30. The van der Waals surface area contributed by atoms with Crippen molar-refractivity contribution in [3.63, 3.8) is 0 Å². The van der Waals surface area contributed by atoms with Gasteiger partial charge in [0, 0.05) is 26.1 Å². The van der Waals surface area contributed by atoms with Gasteiger partial charge in [0.25, 0.3) is 0 Å². The first kappa shape index (κ1) is 14.2. The van der Waals surface area contributed by atoms with Gasteiger partial charge in [0.05, 0.1) is 10.4 Å². The maximum atomic E-state index is 12.6. The fraction of sp³-hybridized carbons (Fsp3) is 0.769. The third kappa shape index (κ3) is 2.59. The lowest BCUT2D eigenvalue weighted by Gasteiger charge is -2.46. The van der Waals surface area contributed by atoms with E-state index < -0.39 is 5.41 Å². The van der Waals surface area contributed by atoms with E-state index in [0.717, 1.165) is 19.3 Å². The first-order valence-electron chi connectivity index (χ1n) is 6.71. The van der Waals surface area contributed by atoms with Gasteiger partial charge in [0.15, 0.2) is 0 Å². The molecule has 0 aromatic carbocycles. The second kappa shape index (κ2) is 5.07. The molecular formula is C13H21N3O2S. The molecule has 0 spiro atoms. The zero-order valence-electron chi connectivity index (χ0n) is 11.4. The zero-order valence-corrected chi connectivity index (χ0v) is 12.3. The van der Waals surface area contributed by atoms with Crippen LogP contribution in [0.4, 0.5) is 0 Å². The van der Waals surface area contributed by atoms with Crippen LogP contribution < -0.4 is 11.1 Å². The molecule has 1 unspecified atom stereocenters. The van der Waals surface area contributed by atoms with Gasteiger partial charge in [0.2, 0.25) is 11.8 Å². The van der Waals surface area contributed by atoms with Gasteiger partial charge in [-0.1, -0.05) is 19.1 Å². The minimum absolute atomic E-state index is 0.0472. The topological polar surface area (TPSA) is 75.4 Å². The van der Waals surface area contributed by atoms with Crippen LogP contribution in [0.2, 0.25) is 0 Å². The van der Waals surface area contributed by atoms with Crippen LogP contribution in [0.15, 0.2) is 0 Å². The van der Waals surface area contributed by atoms with Gasteiger partial charge >= 0.3 is 0 Å². The fourth-order valence-electron chi connectivity index (χ4n) is 3.26. The highest BCUT2D eigenvalue weighted by atomic mass is 32.1. The molecule has 1 aliphatic heterocycles. The average Bonchev–Trinajstić information content (AvgIpc) is 2.70. The Morgan fingerprint density at radius 2 is 2.05 bits per heavy atom. The van der Waals surface area contributed by atoms with Gasteiger partial charge in [0.1, 0.15) is 0 Å². The average molecular weight is 283 g/mol. The van der Waals surface area contributed by atoms with Crippen molar-refractivity contribution in [2.45, 2.75) is 39.2 Å². The molecule has 6 heteroatoms. The minimum atomic E-state index is -0.625. The Kier molecular flexibility index (Phi) is 3.80. The van der Waals surface area contributed by atoms with Crippen molar-refractivity contribution >= 4 is 29.0 Å². The number of nitrogens with two attached hydrogens (primary N) is 1. The quantitative estimate of drug-likeness (QED) is 0.736. The second-order valence-electron chi connectivity index (χ2n) is 5.90. The van der Waals surface area contributed by atoms with Gasteiger partial charge in [-0.2, -0.15) is 0 Å². The predicted octanol–water partition coefficient (Wildman–Crippen LogP) is 0.426. The van der Waals surface area contributed by atoms with Gasteiger partial charge in [-0.05, 0) is 25.2 Å². The van der Waals surface area contributed by atoms with Crippen molar-refractivity contribution in [1.82, 2.24) is 10.2 Å². The molecule has 0 bridgehead atoms. The smallest absolute Gasteiger partial charge is 0.235 e. The van der Waals surface area contributed by atoms with E-state index in [9.17, 15) is 9.59 Å². The Morgan fingerprint density at radius 3 is 2.53 bits per heavy atom. The molecular weight excluding hydrogens is 262 g/mol. The van der Waals surface area contributed by atoms with Crippen LogP contribution in [0, 0.1) is 11.3 Å². The van der Waals surface area contributed by atoms with Crippen LogP contribution in [0.3, 0.4) is 0 Å². The Balaban J connectivity index is 2.01. The lowest BCUT2D eigenvalue weighted by molar-refractivity contribution is -0.143. The highest BCUT2D eigenvalue weighted by molar-refractivity contribution is 7.80. The summed E-state index contributed by atoms with van der Waals surface area (Å²) >= 11 is 5.11. The van der Waals surface area contributed by atoms with E-state index in [1.54, 1.807) is 4.90 Å². The summed E-state index contributed by atoms with van der Waals surface area (Å²) < 4.78 is 0. The standard InChI is InChI=1S/C13H21N3O2S/c1-8-5-13(6-8,11(14)19)12(18)16-4-3-10(7-16)15-9(2)17/h8,10H,3-7H2,1-2H3,(H2,14,19)(H,15,17). The number of hydrogen-bond acceptors (Lipinski definition) is 3. The fourth-order valence-corrected chi connectivity index (χ4v) is 3.52. The van der Waals surface area contributed by atoms with Crippen LogP contribution >= 0.6 is 12.2 Å². The van der Waals surface area contributed by atoms with Crippen molar-refractivity contribution < 1.29 is 9.59 Å². The van der Waals surface area contributed by atoms with E-state index in [1.807, 2.05) is 0 Å². The summed E-state index contributed by atoms with van der Waals surface area (Å²) in [6.45, 7) is 4.84. The summed E-state index contributed by atoms with van der Waals surface area (Å²) in [5.41, 5.74) is 5.17. The van der Waals surface area contributed by atoms with Crippen LogP contribution in [0.25, 0.3) is 0 Å². The number of hydrogen-bond donors (Lipinski definition) is 2. The van der Waals surface area contributed by atoms with Crippen molar-refractivity contribution in [2.24, 2.45) is 17.1 Å². The number of carbonyl (C=O) groups excluding carboxylic acids is 2. The molecule has 0 radical (unpaired) electrons. The molecule has 19 heavy (non-hydrogen) atoms. The molecule has 3 N–H and O–H groups in total. The summed E-state index contributed by atoms with van der Waals surface area (Å²) in [6, 6.07) is 0.0577. The lowest BCUT2D eigenvalue weighted by Crippen LogP contribution is -2.57. The first-order chi connectivity index (χ1) is 8.85. The molecule has 0 aromatic rings. The van der Waals surface area contributed by atoms with Gasteiger partial charge < -0.3 is 16.0 Å². The summed E-state index contributed by atoms with van der Waals surface area (Å²) in [7, 11) is 0.